The van der Waals surface area contributed by atoms with Crippen LogP contribution in [0.2, 0.25) is 5.02 Å². The van der Waals surface area contributed by atoms with Gasteiger partial charge in [0, 0.05) is 31.0 Å². The Morgan fingerprint density at radius 1 is 1.17 bits per heavy atom. The number of nitrogens with one attached hydrogen (secondary N) is 2. The van der Waals surface area contributed by atoms with E-state index in [-0.39, 0.29) is 0 Å². The van der Waals surface area contributed by atoms with Gasteiger partial charge in [0.1, 0.15) is 12.2 Å². The fraction of sp³-hybridized carbons (Fsp3) is 0.292. The van der Waals surface area contributed by atoms with Crippen molar-refractivity contribution in [1.82, 2.24) is 29.8 Å². The van der Waals surface area contributed by atoms with Crippen LogP contribution in [-0.2, 0) is 16.1 Å². The van der Waals surface area contributed by atoms with Crippen molar-refractivity contribution in [2.75, 3.05) is 11.9 Å². The average Bonchev–Trinajstić information content (AvgIpc) is 3.44. The number of carbonyl (C=O) groups is 1. The quantitative estimate of drug-likeness (QED) is 0.293. The first-order chi connectivity index (χ1) is 17.5. The number of aromatic nitrogens is 5. The van der Waals surface area contributed by atoms with Gasteiger partial charge >= 0.3 is 0 Å². The lowest BCUT2D eigenvalue weighted by Crippen LogP contribution is -2.42. The van der Waals surface area contributed by atoms with Crippen LogP contribution < -0.4 is 10.6 Å². The third-order valence-electron chi connectivity index (χ3n) is 5.81. The number of anilines is 1. The molecule has 0 aliphatic carbocycles. The molecule has 1 aliphatic heterocycles. The van der Waals surface area contributed by atoms with Gasteiger partial charge in [0.25, 0.3) is 5.91 Å². The number of ether oxygens (including phenoxy) is 1. The number of benzene rings is 1. The molecule has 4 aromatic rings. The van der Waals surface area contributed by atoms with Crippen LogP contribution in [0.25, 0.3) is 22.6 Å². The van der Waals surface area contributed by atoms with Crippen LogP contribution in [0.15, 0.2) is 55.1 Å². The summed E-state index contributed by atoms with van der Waals surface area (Å²) < 4.78 is 7.27. The molecular weight excluding hydrogens is 486 g/mol. The number of pyridine rings is 1. The molecule has 1 fully saturated rings. The minimum Gasteiger partial charge on any atom is -0.387 e. The van der Waals surface area contributed by atoms with Gasteiger partial charge in [0.05, 0.1) is 11.3 Å². The van der Waals surface area contributed by atoms with Gasteiger partial charge in [0.15, 0.2) is 35.1 Å². The summed E-state index contributed by atoms with van der Waals surface area (Å²) in [6.07, 6.45) is -0.613. The molecule has 36 heavy (non-hydrogen) atoms. The number of amides is 1. The van der Waals surface area contributed by atoms with Crippen molar-refractivity contribution in [2.24, 2.45) is 0 Å². The van der Waals surface area contributed by atoms with Crippen molar-refractivity contribution >= 4 is 34.5 Å². The van der Waals surface area contributed by atoms with Crippen LogP contribution in [0, 0.1) is 0 Å². The molecule has 0 bridgehead atoms. The molecule has 0 saturated carbocycles. The van der Waals surface area contributed by atoms with E-state index < -0.39 is 30.4 Å². The number of nitrogens with zero attached hydrogens (tertiary/aromatic N) is 5. The van der Waals surface area contributed by atoms with E-state index in [0.717, 1.165) is 5.56 Å². The smallest absolute Gasteiger partial charge is 0.252 e. The number of aliphatic hydroxyl groups excluding tert-OH is 2. The Labute approximate surface area is 211 Å². The lowest BCUT2D eigenvalue weighted by atomic mass is 10.1. The highest BCUT2D eigenvalue weighted by Crippen LogP contribution is 2.34. The lowest BCUT2D eigenvalue weighted by molar-refractivity contribution is -0.137. The Hall–Kier alpha value is -3.64. The van der Waals surface area contributed by atoms with Crippen molar-refractivity contribution < 1.29 is 19.7 Å². The first kappa shape index (κ1) is 24.1. The molecule has 186 valence electrons. The Balaban J connectivity index is 1.56. The maximum Gasteiger partial charge on any atom is 0.252 e. The molecule has 1 amide bonds. The maximum atomic E-state index is 12.3. The highest BCUT2D eigenvalue weighted by Gasteiger charge is 2.47. The second-order valence-electron chi connectivity index (χ2n) is 8.27. The second kappa shape index (κ2) is 10.2. The first-order valence-electron chi connectivity index (χ1n) is 11.4. The standard InChI is InChI=1S/C24H24ClN7O4/c1-2-27-23(35)19-17(33)18(34)24(36-19)32-12-29-16-21(28-9-13-6-4-3-5-7-13)30-20(31-22(16)32)14-8-15(25)11-26-10-14/h3-8,10-12,17-19,24,33-34H,2,9H2,1H3,(H,27,35)(H,28,30,31)/t17?,18?,19-,24?/m1/s1. The second-order valence-corrected chi connectivity index (χ2v) is 8.71. The molecule has 5 rings (SSSR count). The molecule has 1 aromatic carbocycles. The summed E-state index contributed by atoms with van der Waals surface area (Å²) in [4.78, 5) is 30.2. The van der Waals surface area contributed by atoms with Gasteiger partial charge in [-0.15, -0.1) is 0 Å². The van der Waals surface area contributed by atoms with Crippen molar-refractivity contribution in [3.8, 4) is 11.4 Å². The Bertz CT molecular complexity index is 1380. The number of carbonyl (C=O) groups excluding carboxylic acids is 1. The predicted octanol–water partition coefficient (Wildman–Crippen LogP) is 1.91. The van der Waals surface area contributed by atoms with E-state index in [1.54, 1.807) is 19.2 Å². The zero-order valence-corrected chi connectivity index (χ0v) is 20.0. The Kier molecular flexibility index (Phi) is 6.79. The van der Waals surface area contributed by atoms with Gasteiger partial charge in [-0.05, 0) is 18.6 Å². The van der Waals surface area contributed by atoms with Crippen LogP contribution >= 0.6 is 11.6 Å². The molecule has 0 radical (unpaired) electrons. The van der Waals surface area contributed by atoms with Gasteiger partial charge < -0.3 is 25.6 Å². The number of likely N-dealkylation sites (N-methyl/N-ethyl adjacent to an activating group) is 1. The van der Waals surface area contributed by atoms with Crippen LogP contribution in [-0.4, -0.2) is 65.5 Å². The molecule has 4 atom stereocenters. The summed E-state index contributed by atoms with van der Waals surface area (Å²) in [5, 5.41) is 27.5. The fourth-order valence-corrected chi connectivity index (χ4v) is 4.23. The third-order valence-corrected chi connectivity index (χ3v) is 6.02. The number of halogens is 1. The summed E-state index contributed by atoms with van der Waals surface area (Å²) in [5.74, 6) is 0.260. The fourth-order valence-electron chi connectivity index (χ4n) is 4.05. The van der Waals surface area contributed by atoms with Crippen LogP contribution in [0.1, 0.15) is 18.7 Å². The normalized spacial score (nSPS) is 21.6. The zero-order valence-electron chi connectivity index (χ0n) is 19.2. The minimum atomic E-state index is -1.42. The highest BCUT2D eigenvalue weighted by atomic mass is 35.5. The van der Waals surface area contributed by atoms with E-state index in [4.69, 9.17) is 16.3 Å². The van der Waals surface area contributed by atoms with E-state index in [2.05, 4.69) is 30.6 Å². The monoisotopic (exact) mass is 509 g/mol. The summed E-state index contributed by atoms with van der Waals surface area (Å²) in [7, 11) is 0. The number of fused-ring (bicyclic) bond motifs is 1. The van der Waals surface area contributed by atoms with Crippen molar-refractivity contribution in [1.29, 1.82) is 0 Å². The molecule has 1 saturated heterocycles. The van der Waals surface area contributed by atoms with Gasteiger partial charge in [-0.3, -0.25) is 14.3 Å². The lowest BCUT2D eigenvalue weighted by Gasteiger charge is -2.17. The van der Waals surface area contributed by atoms with Crippen molar-refractivity contribution in [3.05, 3.63) is 65.7 Å². The third kappa shape index (κ3) is 4.61. The first-order valence-corrected chi connectivity index (χ1v) is 11.8. The van der Waals surface area contributed by atoms with Crippen LogP contribution in [0.4, 0.5) is 5.82 Å². The van der Waals surface area contributed by atoms with E-state index in [9.17, 15) is 15.0 Å². The van der Waals surface area contributed by atoms with E-state index >= 15 is 0 Å². The molecule has 4 N–H and O–H groups in total. The van der Waals surface area contributed by atoms with Crippen molar-refractivity contribution in [3.63, 3.8) is 0 Å². The molecule has 3 aromatic heterocycles. The molecule has 11 nitrogen and oxygen atoms in total. The van der Waals surface area contributed by atoms with E-state index in [0.29, 0.717) is 46.5 Å². The largest absolute Gasteiger partial charge is 0.387 e. The topological polar surface area (TPSA) is 147 Å². The number of rotatable bonds is 7. The molecule has 0 spiro atoms. The zero-order chi connectivity index (χ0) is 25.2. The van der Waals surface area contributed by atoms with Gasteiger partial charge in [-0.2, -0.15) is 0 Å². The Morgan fingerprint density at radius 3 is 2.72 bits per heavy atom. The molecule has 12 heteroatoms. The number of imidazole rings is 1. The predicted molar refractivity (Wildman–Crippen MR) is 132 cm³/mol. The van der Waals surface area contributed by atoms with Crippen LogP contribution in [0.5, 0.6) is 0 Å². The SMILES string of the molecule is CCNC(=O)[C@@H]1OC(n2cnc3c(NCc4ccccc4)nc(-c4cncc(Cl)c4)nc32)C(O)C1O. The summed E-state index contributed by atoms with van der Waals surface area (Å²) in [6.45, 7) is 2.60. The van der Waals surface area contributed by atoms with Gasteiger partial charge in [-0.1, -0.05) is 41.9 Å². The number of aliphatic hydroxyl groups is 2. The summed E-state index contributed by atoms with van der Waals surface area (Å²) in [5.41, 5.74) is 2.38. The highest BCUT2D eigenvalue weighted by molar-refractivity contribution is 6.30. The molecule has 1 aliphatic rings. The number of hydrogen-bond acceptors (Lipinski definition) is 9. The Morgan fingerprint density at radius 2 is 1.97 bits per heavy atom. The van der Waals surface area contributed by atoms with Gasteiger partial charge in [0.2, 0.25) is 0 Å². The summed E-state index contributed by atoms with van der Waals surface area (Å²) >= 11 is 6.14. The number of hydrogen-bond donors (Lipinski definition) is 4. The molecular formula is C24H24ClN7O4. The summed E-state index contributed by atoms with van der Waals surface area (Å²) in [6, 6.07) is 11.5. The van der Waals surface area contributed by atoms with E-state index in [1.807, 2.05) is 30.3 Å². The molecule has 4 heterocycles. The molecule has 3 unspecified atom stereocenters. The van der Waals surface area contributed by atoms with Crippen LogP contribution in [0.3, 0.4) is 0 Å². The van der Waals surface area contributed by atoms with Gasteiger partial charge in [-0.25, -0.2) is 15.0 Å². The van der Waals surface area contributed by atoms with E-state index in [1.165, 1.54) is 17.1 Å². The minimum absolute atomic E-state index is 0.322. The maximum absolute atomic E-state index is 12.3. The van der Waals surface area contributed by atoms with Crippen molar-refractivity contribution in [2.45, 2.75) is 38.0 Å². The average molecular weight is 510 g/mol.